The molecule has 0 aliphatic carbocycles. The molecular weight excluding hydrogens is 328 g/mol. The van der Waals surface area contributed by atoms with Gasteiger partial charge in [-0.05, 0) is 41.5 Å². The van der Waals surface area contributed by atoms with Gasteiger partial charge in [0.05, 0.1) is 12.9 Å². The fourth-order valence-electron chi connectivity index (χ4n) is 2.57. The average molecular weight is 346 g/mol. The van der Waals surface area contributed by atoms with Crippen LogP contribution < -0.4 is 14.8 Å². The zero-order valence-corrected chi connectivity index (χ0v) is 14.0. The van der Waals surface area contributed by atoms with Gasteiger partial charge in [0.25, 0.3) is 5.91 Å². The Morgan fingerprint density at radius 1 is 1.21 bits per heavy atom. The number of rotatable bonds is 5. The van der Waals surface area contributed by atoms with E-state index < -0.39 is 10.0 Å². The van der Waals surface area contributed by atoms with E-state index in [9.17, 15) is 13.2 Å². The van der Waals surface area contributed by atoms with Crippen molar-refractivity contribution in [1.29, 1.82) is 0 Å². The Morgan fingerprint density at radius 3 is 2.83 bits per heavy atom. The number of benzene rings is 2. The lowest BCUT2D eigenvalue weighted by molar-refractivity contribution is 0.0951. The van der Waals surface area contributed by atoms with Crippen molar-refractivity contribution in [1.82, 2.24) is 5.32 Å². The second-order valence-electron chi connectivity index (χ2n) is 5.68. The highest BCUT2D eigenvalue weighted by molar-refractivity contribution is 7.92. The van der Waals surface area contributed by atoms with Gasteiger partial charge in [0.2, 0.25) is 10.0 Å². The normalized spacial score (nSPS) is 13.0. The zero-order chi connectivity index (χ0) is 17.2. The van der Waals surface area contributed by atoms with Crippen LogP contribution in [0.4, 0.5) is 5.69 Å². The molecular formula is C17H18N2O4S. The highest BCUT2D eigenvalue weighted by Gasteiger charge is 2.15. The van der Waals surface area contributed by atoms with Crippen LogP contribution in [0.25, 0.3) is 0 Å². The Hall–Kier alpha value is -2.54. The fraction of sp³-hybridized carbons (Fsp3) is 0.235. The van der Waals surface area contributed by atoms with Gasteiger partial charge in [-0.1, -0.05) is 12.1 Å². The van der Waals surface area contributed by atoms with Crippen LogP contribution in [0, 0.1) is 0 Å². The summed E-state index contributed by atoms with van der Waals surface area (Å²) in [5.41, 5.74) is 2.91. The van der Waals surface area contributed by atoms with Crippen molar-refractivity contribution >= 4 is 21.6 Å². The fourth-order valence-corrected chi connectivity index (χ4v) is 3.13. The molecule has 2 N–H and O–H groups in total. The number of nitrogens with one attached hydrogen (secondary N) is 2. The first kappa shape index (κ1) is 16.3. The summed E-state index contributed by atoms with van der Waals surface area (Å²) in [5, 5.41) is 2.84. The Morgan fingerprint density at radius 2 is 2.04 bits per heavy atom. The van der Waals surface area contributed by atoms with E-state index in [-0.39, 0.29) is 5.91 Å². The van der Waals surface area contributed by atoms with Crippen molar-refractivity contribution in [2.45, 2.75) is 13.0 Å². The van der Waals surface area contributed by atoms with Crippen LogP contribution in [0.5, 0.6) is 5.75 Å². The van der Waals surface area contributed by atoms with Crippen LogP contribution in [0.15, 0.2) is 42.5 Å². The summed E-state index contributed by atoms with van der Waals surface area (Å²) in [6.45, 7) is 0.965. The smallest absolute Gasteiger partial charge is 0.251 e. The molecule has 0 spiro atoms. The predicted molar refractivity (Wildman–Crippen MR) is 91.7 cm³/mol. The number of hydrogen-bond acceptors (Lipinski definition) is 4. The molecule has 0 radical (unpaired) electrons. The van der Waals surface area contributed by atoms with Gasteiger partial charge in [-0.2, -0.15) is 0 Å². The first-order chi connectivity index (χ1) is 11.4. The molecule has 2 aromatic carbocycles. The molecule has 0 saturated carbocycles. The topological polar surface area (TPSA) is 84.5 Å². The third-order valence-corrected chi connectivity index (χ3v) is 4.24. The van der Waals surface area contributed by atoms with Crippen LogP contribution in [-0.2, 0) is 23.0 Å². The van der Waals surface area contributed by atoms with Crippen molar-refractivity contribution in [2.75, 3.05) is 17.6 Å². The predicted octanol–water partition coefficient (Wildman–Crippen LogP) is 1.92. The molecule has 1 heterocycles. The first-order valence-corrected chi connectivity index (χ1v) is 9.40. The number of carbonyl (C=O) groups excluding carboxylic acids is 1. The van der Waals surface area contributed by atoms with Crippen molar-refractivity contribution in [3.05, 3.63) is 59.2 Å². The Bertz CT molecular complexity index is 878. The van der Waals surface area contributed by atoms with Gasteiger partial charge >= 0.3 is 0 Å². The van der Waals surface area contributed by atoms with E-state index in [1.54, 1.807) is 24.3 Å². The number of hydrogen-bond donors (Lipinski definition) is 2. The minimum atomic E-state index is -3.32. The molecule has 0 atom stereocenters. The SMILES string of the molecule is CS(=O)(=O)Nc1cccc(CNC(=O)c2ccc3c(c2)CCO3)c1. The van der Waals surface area contributed by atoms with E-state index in [4.69, 9.17) is 4.74 Å². The van der Waals surface area contributed by atoms with Crippen LogP contribution >= 0.6 is 0 Å². The van der Waals surface area contributed by atoms with Gasteiger partial charge in [-0.3, -0.25) is 9.52 Å². The third-order valence-electron chi connectivity index (χ3n) is 3.63. The van der Waals surface area contributed by atoms with Crippen LogP contribution in [0.2, 0.25) is 0 Å². The number of amides is 1. The zero-order valence-electron chi connectivity index (χ0n) is 13.2. The summed E-state index contributed by atoms with van der Waals surface area (Å²) in [5.74, 6) is 0.664. The van der Waals surface area contributed by atoms with Crippen LogP contribution in [0.3, 0.4) is 0 Å². The summed E-state index contributed by atoms with van der Waals surface area (Å²) >= 11 is 0. The first-order valence-electron chi connectivity index (χ1n) is 7.51. The lowest BCUT2D eigenvalue weighted by Gasteiger charge is -2.09. The van der Waals surface area contributed by atoms with Gasteiger partial charge in [-0.25, -0.2) is 8.42 Å². The summed E-state index contributed by atoms with van der Waals surface area (Å²) in [4.78, 5) is 12.3. The van der Waals surface area contributed by atoms with Gasteiger partial charge in [0.1, 0.15) is 5.75 Å². The maximum Gasteiger partial charge on any atom is 0.251 e. The second kappa shape index (κ2) is 6.52. The Labute approximate surface area is 140 Å². The Kier molecular flexibility index (Phi) is 4.44. The molecule has 3 rings (SSSR count). The highest BCUT2D eigenvalue weighted by atomic mass is 32.2. The average Bonchev–Trinajstić information content (AvgIpc) is 2.99. The van der Waals surface area contributed by atoms with Crippen LogP contribution in [0.1, 0.15) is 21.5 Å². The lowest BCUT2D eigenvalue weighted by Crippen LogP contribution is -2.23. The summed E-state index contributed by atoms with van der Waals surface area (Å²) in [7, 11) is -3.32. The number of sulfonamides is 1. The second-order valence-corrected chi connectivity index (χ2v) is 7.43. The monoisotopic (exact) mass is 346 g/mol. The molecule has 1 aliphatic heterocycles. The van der Waals surface area contributed by atoms with Gasteiger partial charge in [0.15, 0.2) is 0 Å². The van der Waals surface area contributed by atoms with Crippen molar-refractivity contribution in [3.63, 3.8) is 0 Å². The number of carbonyl (C=O) groups is 1. The summed E-state index contributed by atoms with van der Waals surface area (Å²) in [6, 6.07) is 12.3. The molecule has 0 bridgehead atoms. The molecule has 1 aliphatic rings. The third kappa shape index (κ3) is 4.05. The molecule has 1 amide bonds. The maximum absolute atomic E-state index is 12.3. The molecule has 126 valence electrons. The largest absolute Gasteiger partial charge is 0.493 e. The van der Waals surface area contributed by atoms with Gasteiger partial charge in [-0.15, -0.1) is 0 Å². The quantitative estimate of drug-likeness (QED) is 0.866. The van der Waals surface area contributed by atoms with E-state index in [0.29, 0.717) is 24.4 Å². The number of fused-ring (bicyclic) bond motifs is 1. The molecule has 0 fully saturated rings. The molecule has 0 unspecified atom stereocenters. The molecule has 2 aromatic rings. The van der Waals surface area contributed by atoms with Crippen LogP contribution in [-0.4, -0.2) is 27.2 Å². The molecule has 6 nitrogen and oxygen atoms in total. The van der Waals surface area contributed by atoms with Crippen molar-refractivity contribution < 1.29 is 17.9 Å². The van der Waals surface area contributed by atoms with Crippen molar-refractivity contribution in [3.8, 4) is 5.75 Å². The lowest BCUT2D eigenvalue weighted by atomic mass is 10.1. The molecule has 0 aromatic heterocycles. The number of ether oxygens (including phenoxy) is 1. The minimum absolute atomic E-state index is 0.175. The van der Waals surface area contributed by atoms with E-state index in [0.717, 1.165) is 29.6 Å². The van der Waals surface area contributed by atoms with E-state index in [1.165, 1.54) is 0 Å². The minimum Gasteiger partial charge on any atom is -0.493 e. The van der Waals surface area contributed by atoms with Crippen molar-refractivity contribution in [2.24, 2.45) is 0 Å². The molecule has 24 heavy (non-hydrogen) atoms. The molecule has 7 heteroatoms. The van der Waals surface area contributed by atoms with Gasteiger partial charge < -0.3 is 10.1 Å². The summed E-state index contributed by atoms with van der Waals surface area (Å²) in [6.07, 6.45) is 1.91. The van der Waals surface area contributed by atoms with E-state index in [2.05, 4.69) is 10.0 Å². The highest BCUT2D eigenvalue weighted by Crippen LogP contribution is 2.25. The summed E-state index contributed by atoms with van der Waals surface area (Å²) < 4.78 is 30.4. The molecule has 0 saturated heterocycles. The van der Waals surface area contributed by atoms with E-state index >= 15 is 0 Å². The maximum atomic E-state index is 12.3. The van der Waals surface area contributed by atoms with Gasteiger partial charge in [0, 0.05) is 24.2 Å². The Balaban J connectivity index is 1.65. The van der Waals surface area contributed by atoms with E-state index in [1.807, 2.05) is 18.2 Å². The standard InChI is InChI=1S/C17H18N2O4S/c1-24(21,22)19-15-4-2-3-12(9-15)11-18-17(20)14-5-6-16-13(10-14)7-8-23-16/h2-6,9-10,19H,7-8,11H2,1H3,(H,18,20). The number of anilines is 1.